The lowest BCUT2D eigenvalue weighted by atomic mass is 9.96. The van der Waals surface area contributed by atoms with E-state index in [1.807, 2.05) is 30.3 Å². The van der Waals surface area contributed by atoms with E-state index in [0.29, 0.717) is 6.54 Å². The highest BCUT2D eigenvalue weighted by molar-refractivity contribution is 5.76. The molecule has 1 aromatic rings. The Morgan fingerprint density at radius 3 is 2.81 bits per heavy atom. The van der Waals surface area contributed by atoms with Crippen molar-refractivity contribution < 1.29 is 14.3 Å². The van der Waals surface area contributed by atoms with Gasteiger partial charge in [0.2, 0.25) is 0 Å². The first kappa shape index (κ1) is 15.9. The van der Waals surface area contributed by atoms with Crippen molar-refractivity contribution in [2.75, 3.05) is 26.4 Å². The lowest BCUT2D eigenvalue weighted by Gasteiger charge is -2.41. The van der Waals surface area contributed by atoms with E-state index in [9.17, 15) is 14.3 Å². The largest absolute Gasteiger partial charge is 0.394 e. The highest BCUT2D eigenvalue weighted by Crippen LogP contribution is 2.28. The minimum absolute atomic E-state index is 0.0393. The molecule has 0 aromatic heterocycles. The molecule has 1 unspecified atom stereocenters. The number of carbonyl (C=O) groups is 1. The normalized spacial score (nSPS) is 21.0. The van der Waals surface area contributed by atoms with Crippen LogP contribution in [0.5, 0.6) is 0 Å². The highest BCUT2D eigenvalue weighted by atomic mass is 19.1. The molecule has 1 aromatic carbocycles. The SMILES string of the molecule is O=C(CF)NC[C@@H]1CCCCN1C(CO)c1ccccc1. The minimum atomic E-state index is -0.977. The number of benzene rings is 1. The van der Waals surface area contributed by atoms with Gasteiger partial charge in [-0.15, -0.1) is 0 Å². The number of piperidine rings is 1. The number of hydrogen-bond donors (Lipinski definition) is 2. The maximum Gasteiger partial charge on any atom is 0.251 e. The van der Waals surface area contributed by atoms with Gasteiger partial charge in [0.1, 0.15) is 0 Å². The van der Waals surface area contributed by atoms with Gasteiger partial charge in [-0.2, -0.15) is 0 Å². The second-order valence-electron chi connectivity index (χ2n) is 5.43. The van der Waals surface area contributed by atoms with Crippen molar-refractivity contribution in [2.24, 2.45) is 0 Å². The quantitative estimate of drug-likeness (QED) is 0.839. The molecule has 2 N–H and O–H groups in total. The molecule has 0 saturated carbocycles. The van der Waals surface area contributed by atoms with Crippen LogP contribution in [0, 0.1) is 0 Å². The third kappa shape index (κ3) is 4.25. The van der Waals surface area contributed by atoms with E-state index in [2.05, 4.69) is 10.2 Å². The zero-order valence-corrected chi connectivity index (χ0v) is 12.2. The van der Waals surface area contributed by atoms with Gasteiger partial charge in [-0.1, -0.05) is 36.8 Å². The van der Waals surface area contributed by atoms with Crippen LogP contribution in [0.3, 0.4) is 0 Å². The van der Waals surface area contributed by atoms with Crippen LogP contribution in [0.15, 0.2) is 30.3 Å². The molecule has 0 aliphatic carbocycles. The molecule has 21 heavy (non-hydrogen) atoms. The Bertz CT molecular complexity index is 441. The van der Waals surface area contributed by atoms with Gasteiger partial charge in [-0.05, 0) is 24.9 Å². The number of likely N-dealkylation sites (tertiary alicyclic amines) is 1. The Morgan fingerprint density at radius 1 is 1.38 bits per heavy atom. The molecule has 116 valence electrons. The number of carbonyl (C=O) groups excluding carboxylic acids is 1. The van der Waals surface area contributed by atoms with Crippen LogP contribution in [0.1, 0.15) is 30.9 Å². The summed E-state index contributed by atoms with van der Waals surface area (Å²) in [4.78, 5) is 13.3. The average molecular weight is 294 g/mol. The second kappa shape index (κ2) is 8.10. The fourth-order valence-corrected chi connectivity index (χ4v) is 3.01. The van der Waals surface area contributed by atoms with Gasteiger partial charge in [0.05, 0.1) is 12.6 Å². The second-order valence-corrected chi connectivity index (χ2v) is 5.43. The number of rotatable bonds is 6. The summed E-state index contributed by atoms with van der Waals surface area (Å²) >= 11 is 0. The molecule has 2 rings (SSSR count). The first-order chi connectivity index (χ1) is 10.3. The zero-order chi connectivity index (χ0) is 15.1. The summed E-state index contributed by atoms with van der Waals surface area (Å²) < 4.78 is 12.3. The van der Waals surface area contributed by atoms with Gasteiger partial charge < -0.3 is 10.4 Å². The molecule has 1 aliphatic rings. The van der Waals surface area contributed by atoms with Crippen molar-refractivity contribution >= 4 is 5.91 Å². The first-order valence-electron chi connectivity index (χ1n) is 7.50. The number of halogens is 1. The van der Waals surface area contributed by atoms with Crippen LogP contribution >= 0.6 is 0 Å². The van der Waals surface area contributed by atoms with Crippen molar-refractivity contribution in [1.82, 2.24) is 10.2 Å². The molecule has 2 atom stereocenters. The molecule has 1 aliphatic heterocycles. The minimum Gasteiger partial charge on any atom is -0.394 e. The third-order valence-corrected chi connectivity index (χ3v) is 4.09. The van der Waals surface area contributed by atoms with E-state index >= 15 is 0 Å². The van der Waals surface area contributed by atoms with Gasteiger partial charge >= 0.3 is 0 Å². The highest BCUT2D eigenvalue weighted by Gasteiger charge is 2.29. The summed E-state index contributed by atoms with van der Waals surface area (Å²) in [7, 11) is 0. The molecule has 0 spiro atoms. The van der Waals surface area contributed by atoms with Crippen molar-refractivity contribution in [3.8, 4) is 0 Å². The summed E-state index contributed by atoms with van der Waals surface area (Å²) in [6.07, 6.45) is 3.13. The van der Waals surface area contributed by atoms with E-state index in [4.69, 9.17) is 0 Å². The van der Waals surface area contributed by atoms with E-state index in [1.165, 1.54) is 0 Å². The van der Waals surface area contributed by atoms with Gasteiger partial charge in [-0.25, -0.2) is 4.39 Å². The topological polar surface area (TPSA) is 52.6 Å². The van der Waals surface area contributed by atoms with Crippen molar-refractivity contribution in [1.29, 1.82) is 0 Å². The number of nitrogens with one attached hydrogen (secondary N) is 1. The molecule has 1 fully saturated rings. The van der Waals surface area contributed by atoms with Crippen molar-refractivity contribution in [3.05, 3.63) is 35.9 Å². The van der Waals surface area contributed by atoms with Crippen LogP contribution < -0.4 is 5.32 Å². The fourth-order valence-electron chi connectivity index (χ4n) is 3.01. The number of amides is 1. The predicted octanol–water partition coefficient (Wildman–Crippen LogP) is 1.66. The summed E-state index contributed by atoms with van der Waals surface area (Å²) in [5.74, 6) is -0.569. The number of nitrogens with zero attached hydrogens (tertiary/aromatic N) is 1. The van der Waals surface area contributed by atoms with Crippen LogP contribution in [-0.4, -0.2) is 48.3 Å². The number of aliphatic hydroxyl groups excluding tert-OH is 1. The van der Waals surface area contributed by atoms with Gasteiger partial charge in [-0.3, -0.25) is 9.69 Å². The van der Waals surface area contributed by atoms with Crippen molar-refractivity contribution in [3.63, 3.8) is 0 Å². The Hall–Kier alpha value is -1.46. The lowest BCUT2D eigenvalue weighted by Crippen LogP contribution is -2.49. The number of hydrogen-bond acceptors (Lipinski definition) is 3. The van der Waals surface area contributed by atoms with Gasteiger partial charge in [0.25, 0.3) is 5.91 Å². The maximum atomic E-state index is 12.3. The van der Waals surface area contributed by atoms with E-state index < -0.39 is 12.6 Å². The van der Waals surface area contributed by atoms with E-state index in [1.54, 1.807) is 0 Å². The summed E-state index contributed by atoms with van der Waals surface area (Å²) in [6.45, 7) is 0.384. The van der Waals surface area contributed by atoms with E-state index in [0.717, 1.165) is 31.4 Å². The Morgan fingerprint density at radius 2 is 2.14 bits per heavy atom. The predicted molar refractivity (Wildman–Crippen MR) is 79.6 cm³/mol. The molecular weight excluding hydrogens is 271 g/mol. The Kier molecular flexibility index (Phi) is 6.14. The molecule has 4 nitrogen and oxygen atoms in total. The smallest absolute Gasteiger partial charge is 0.251 e. The van der Waals surface area contributed by atoms with Crippen LogP contribution in [0.2, 0.25) is 0 Å². The lowest BCUT2D eigenvalue weighted by molar-refractivity contribution is -0.122. The number of aliphatic hydroxyl groups is 1. The Balaban J connectivity index is 2.07. The van der Waals surface area contributed by atoms with Crippen LogP contribution in [-0.2, 0) is 4.79 Å². The summed E-state index contributed by atoms with van der Waals surface area (Å²) in [5, 5.41) is 12.4. The van der Waals surface area contributed by atoms with Crippen LogP contribution in [0.25, 0.3) is 0 Å². The van der Waals surface area contributed by atoms with E-state index in [-0.39, 0.29) is 18.7 Å². The zero-order valence-electron chi connectivity index (χ0n) is 12.2. The summed E-state index contributed by atoms with van der Waals surface area (Å²) in [5.41, 5.74) is 1.07. The average Bonchev–Trinajstić information content (AvgIpc) is 2.55. The first-order valence-corrected chi connectivity index (χ1v) is 7.50. The molecule has 0 radical (unpaired) electrons. The van der Waals surface area contributed by atoms with Crippen molar-refractivity contribution in [2.45, 2.75) is 31.3 Å². The monoisotopic (exact) mass is 294 g/mol. The summed E-state index contributed by atoms with van der Waals surface area (Å²) in [6, 6.07) is 9.96. The fraction of sp³-hybridized carbons (Fsp3) is 0.562. The molecular formula is C16H23FN2O2. The van der Waals surface area contributed by atoms with Gasteiger partial charge in [0, 0.05) is 12.6 Å². The maximum absolute atomic E-state index is 12.3. The van der Waals surface area contributed by atoms with Gasteiger partial charge in [0.15, 0.2) is 6.67 Å². The number of alkyl halides is 1. The molecule has 0 bridgehead atoms. The molecule has 5 heteroatoms. The standard InChI is InChI=1S/C16H23FN2O2/c17-10-16(21)18-11-14-8-4-5-9-19(14)15(12-20)13-6-2-1-3-7-13/h1-3,6-7,14-15,20H,4-5,8-12H2,(H,18,21)/t14-,15?/m0/s1. The molecule has 1 saturated heterocycles. The Labute approximate surface area is 125 Å². The molecule has 1 amide bonds. The molecule has 1 heterocycles. The third-order valence-electron chi connectivity index (χ3n) is 4.09. The van der Waals surface area contributed by atoms with Crippen LogP contribution in [0.4, 0.5) is 4.39 Å².